The molecular formula is C21H20Cl2N6O2. The minimum Gasteiger partial charge on any atom is -0.350 e. The number of hydrogen-bond donors (Lipinski definition) is 4. The third-order valence-corrected chi connectivity index (χ3v) is 4.31. The number of aromatic nitrogens is 1. The Bertz CT molecular complexity index is 1110. The summed E-state index contributed by atoms with van der Waals surface area (Å²) in [6.07, 6.45) is 2.57. The van der Waals surface area contributed by atoms with Crippen molar-refractivity contribution in [3.05, 3.63) is 63.9 Å². The van der Waals surface area contributed by atoms with Crippen LogP contribution in [-0.2, 0) is 4.79 Å². The minimum atomic E-state index is -0.682. The Kier molecular flexibility index (Phi) is 8.14. The van der Waals surface area contributed by atoms with E-state index in [4.69, 9.17) is 28.6 Å². The Balaban J connectivity index is 2.45. The number of rotatable bonds is 7. The van der Waals surface area contributed by atoms with E-state index in [0.717, 1.165) is 6.08 Å². The van der Waals surface area contributed by atoms with Crippen molar-refractivity contribution in [3.8, 4) is 6.07 Å². The zero-order valence-electron chi connectivity index (χ0n) is 17.0. The van der Waals surface area contributed by atoms with Gasteiger partial charge < -0.3 is 16.0 Å². The lowest BCUT2D eigenvalue weighted by atomic mass is 10.0. The highest BCUT2D eigenvalue weighted by atomic mass is 35.5. The number of anilines is 2. The summed E-state index contributed by atoms with van der Waals surface area (Å²) in [5.74, 6) is -0.932. The molecule has 0 saturated carbocycles. The Morgan fingerprint density at radius 1 is 1.29 bits per heavy atom. The molecule has 0 saturated heterocycles. The predicted molar refractivity (Wildman–Crippen MR) is 122 cm³/mol. The first kappa shape index (κ1) is 23.9. The summed E-state index contributed by atoms with van der Waals surface area (Å²) in [6.45, 7) is 5.26. The highest BCUT2D eigenvalue weighted by Crippen LogP contribution is 2.25. The molecule has 31 heavy (non-hydrogen) atoms. The van der Waals surface area contributed by atoms with Crippen LogP contribution in [0.4, 0.5) is 11.5 Å². The Morgan fingerprint density at radius 2 is 2.00 bits per heavy atom. The summed E-state index contributed by atoms with van der Waals surface area (Å²) in [6, 6.07) is 8.01. The van der Waals surface area contributed by atoms with Crippen LogP contribution in [0.1, 0.15) is 35.3 Å². The fourth-order valence-electron chi connectivity index (χ4n) is 2.61. The molecule has 160 valence electrons. The van der Waals surface area contributed by atoms with Gasteiger partial charge in [0.15, 0.2) is 0 Å². The van der Waals surface area contributed by atoms with Crippen molar-refractivity contribution >= 4 is 51.7 Å². The summed E-state index contributed by atoms with van der Waals surface area (Å²) < 4.78 is 0. The fraction of sp³-hybridized carbons (Fsp3) is 0.190. The number of pyridine rings is 1. The van der Waals surface area contributed by atoms with Gasteiger partial charge in [0.25, 0.3) is 11.8 Å². The van der Waals surface area contributed by atoms with Crippen LogP contribution < -0.4 is 16.0 Å². The van der Waals surface area contributed by atoms with Crippen LogP contribution in [0.5, 0.6) is 0 Å². The highest BCUT2D eigenvalue weighted by Gasteiger charge is 2.20. The average molecular weight is 459 g/mol. The number of carbonyl (C=O) groups is 2. The molecule has 2 rings (SSSR count). The maximum absolute atomic E-state index is 13.0. The molecule has 0 fully saturated rings. The first-order valence-corrected chi connectivity index (χ1v) is 9.88. The number of benzene rings is 1. The van der Waals surface area contributed by atoms with Crippen LogP contribution in [0.25, 0.3) is 0 Å². The van der Waals surface area contributed by atoms with Crippen molar-refractivity contribution in [2.24, 2.45) is 0 Å². The normalized spacial score (nSPS) is 10.9. The standard InChI is InChI=1S/C21H20Cl2N6O2/c1-11(2)27-20(30)14-8-13(10-24)7-12(3)18(14)29-21(31)16(9-17(23)25)28-19-15(22)5-4-6-26-19/h4-9,11,25H,1-3H3,(H,26,28)(H,27,30)(H,29,31)/b16-9-,25-17?. The van der Waals surface area contributed by atoms with Crippen molar-refractivity contribution in [1.82, 2.24) is 10.3 Å². The summed E-state index contributed by atoms with van der Waals surface area (Å²) in [5, 5.41) is 24.8. The SMILES string of the molecule is Cc1cc(C#N)cc(C(=O)NC(C)C)c1NC(=O)/C(=C/C(=N)Cl)Nc1ncccc1Cl. The number of carbonyl (C=O) groups excluding carboxylic acids is 2. The van der Waals surface area contributed by atoms with Crippen molar-refractivity contribution in [2.45, 2.75) is 26.8 Å². The summed E-state index contributed by atoms with van der Waals surface area (Å²) in [5.41, 5.74) is 1.04. The van der Waals surface area contributed by atoms with Gasteiger partial charge >= 0.3 is 0 Å². The summed E-state index contributed by atoms with van der Waals surface area (Å²) in [4.78, 5) is 29.7. The third kappa shape index (κ3) is 6.54. The molecule has 4 N–H and O–H groups in total. The number of aryl methyl sites for hydroxylation is 1. The second kappa shape index (κ2) is 10.6. The number of nitrogens with zero attached hydrogens (tertiary/aromatic N) is 2. The molecule has 1 heterocycles. The quantitative estimate of drug-likeness (QED) is 0.364. The molecular weight excluding hydrogens is 439 g/mol. The van der Waals surface area contributed by atoms with Gasteiger partial charge in [-0.05, 0) is 50.6 Å². The van der Waals surface area contributed by atoms with Crippen LogP contribution >= 0.6 is 23.2 Å². The molecule has 10 heteroatoms. The van der Waals surface area contributed by atoms with E-state index >= 15 is 0 Å². The number of hydrogen-bond acceptors (Lipinski definition) is 6. The van der Waals surface area contributed by atoms with Gasteiger partial charge in [-0.2, -0.15) is 5.26 Å². The van der Waals surface area contributed by atoms with E-state index in [1.54, 1.807) is 39.0 Å². The van der Waals surface area contributed by atoms with E-state index in [2.05, 4.69) is 20.9 Å². The van der Waals surface area contributed by atoms with Crippen LogP contribution in [-0.4, -0.2) is 28.0 Å². The molecule has 2 amide bonds. The molecule has 0 aliphatic heterocycles. The molecule has 0 atom stereocenters. The minimum absolute atomic E-state index is 0.112. The Morgan fingerprint density at radius 3 is 2.58 bits per heavy atom. The van der Waals surface area contributed by atoms with Gasteiger partial charge in [-0.3, -0.25) is 15.0 Å². The lowest BCUT2D eigenvalue weighted by molar-refractivity contribution is -0.112. The summed E-state index contributed by atoms with van der Waals surface area (Å²) >= 11 is 11.8. The monoisotopic (exact) mass is 458 g/mol. The molecule has 1 aromatic heterocycles. The van der Waals surface area contributed by atoms with E-state index in [1.807, 2.05) is 6.07 Å². The fourth-order valence-corrected chi connectivity index (χ4v) is 2.89. The van der Waals surface area contributed by atoms with E-state index < -0.39 is 17.0 Å². The highest BCUT2D eigenvalue weighted by molar-refractivity contribution is 6.67. The average Bonchev–Trinajstić information content (AvgIpc) is 2.69. The number of allylic oxidation sites excluding steroid dienone is 1. The van der Waals surface area contributed by atoms with Gasteiger partial charge in [-0.25, -0.2) is 4.98 Å². The van der Waals surface area contributed by atoms with Gasteiger partial charge in [0.2, 0.25) is 0 Å². The van der Waals surface area contributed by atoms with E-state index in [0.29, 0.717) is 5.56 Å². The molecule has 0 unspecified atom stereocenters. The van der Waals surface area contributed by atoms with Gasteiger partial charge in [0, 0.05) is 18.3 Å². The van der Waals surface area contributed by atoms with E-state index in [9.17, 15) is 14.9 Å². The topological polar surface area (TPSA) is 131 Å². The van der Waals surface area contributed by atoms with Crippen LogP contribution in [0.15, 0.2) is 42.2 Å². The first-order chi connectivity index (χ1) is 14.6. The summed E-state index contributed by atoms with van der Waals surface area (Å²) in [7, 11) is 0. The number of nitriles is 1. The van der Waals surface area contributed by atoms with Gasteiger partial charge in [0.1, 0.15) is 16.7 Å². The van der Waals surface area contributed by atoms with E-state index in [-0.39, 0.29) is 39.4 Å². The van der Waals surface area contributed by atoms with Gasteiger partial charge in [-0.1, -0.05) is 23.2 Å². The third-order valence-electron chi connectivity index (χ3n) is 3.89. The van der Waals surface area contributed by atoms with Crippen molar-refractivity contribution in [3.63, 3.8) is 0 Å². The second-order valence-corrected chi connectivity index (χ2v) is 7.59. The number of halogens is 2. The molecule has 0 radical (unpaired) electrons. The lowest BCUT2D eigenvalue weighted by Gasteiger charge is -2.17. The van der Waals surface area contributed by atoms with Gasteiger partial charge in [0.05, 0.1) is 27.9 Å². The molecule has 1 aromatic carbocycles. The smallest absolute Gasteiger partial charge is 0.272 e. The van der Waals surface area contributed by atoms with Crippen LogP contribution in [0, 0.1) is 23.7 Å². The zero-order valence-corrected chi connectivity index (χ0v) is 18.5. The second-order valence-electron chi connectivity index (χ2n) is 6.77. The van der Waals surface area contributed by atoms with Crippen molar-refractivity contribution in [1.29, 1.82) is 10.7 Å². The maximum Gasteiger partial charge on any atom is 0.272 e. The number of amides is 2. The molecule has 0 aliphatic carbocycles. The molecule has 8 nitrogen and oxygen atoms in total. The Labute approximate surface area is 189 Å². The maximum atomic E-state index is 13.0. The first-order valence-electron chi connectivity index (χ1n) is 9.12. The van der Waals surface area contributed by atoms with Crippen molar-refractivity contribution < 1.29 is 9.59 Å². The molecule has 0 spiro atoms. The largest absolute Gasteiger partial charge is 0.350 e. The molecule has 0 aliphatic rings. The van der Waals surface area contributed by atoms with E-state index in [1.165, 1.54) is 12.3 Å². The Hall–Kier alpha value is -3.41. The van der Waals surface area contributed by atoms with Crippen LogP contribution in [0.3, 0.4) is 0 Å². The predicted octanol–water partition coefficient (Wildman–Crippen LogP) is 4.20. The lowest BCUT2D eigenvalue weighted by Crippen LogP contribution is -2.31. The van der Waals surface area contributed by atoms with Crippen LogP contribution in [0.2, 0.25) is 5.02 Å². The number of nitrogens with one attached hydrogen (secondary N) is 4. The zero-order chi connectivity index (χ0) is 23.1. The van der Waals surface area contributed by atoms with Crippen molar-refractivity contribution in [2.75, 3.05) is 10.6 Å². The van der Waals surface area contributed by atoms with Gasteiger partial charge in [-0.15, -0.1) is 0 Å². The molecule has 0 bridgehead atoms. The molecule has 2 aromatic rings.